The first-order valence-corrected chi connectivity index (χ1v) is 9.22. The van der Waals surface area contributed by atoms with E-state index in [1.54, 1.807) is 0 Å². The van der Waals surface area contributed by atoms with Crippen LogP contribution in [0.4, 0.5) is 0 Å². The predicted molar refractivity (Wildman–Crippen MR) is 114 cm³/mol. The molecule has 1 N–H and O–H groups in total. The zero-order valence-corrected chi connectivity index (χ0v) is 17.1. The van der Waals surface area contributed by atoms with Gasteiger partial charge in [-0.3, -0.25) is 19.3 Å². The summed E-state index contributed by atoms with van der Waals surface area (Å²) in [7, 11) is 0. The lowest BCUT2D eigenvalue weighted by atomic mass is 10.4. The summed E-state index contributed by atoms with van der Waals surface area (Å²) in [5.74, 6) is -1.21. The standard InChI is InChI=1S/C7H9NO2.2C6H6.C2H4O2.C2H6/c1-2-5-8-6(9)3-4-7(8)10;2*1-2-4-6-5-3-1;1-2(3)4;1-2/h3-4H,2,5H2,1H3;2*1-6H;1H3,(H,3,4);1-2H3. The first kappa shape index (κ1) is 27.0. The lowest BCUT2D eigenvalue weighted by molar-refractivity contribution is -0.137. The molecule has 0 aromatic heterocycles. The van der Waals surface area contributed by atoms with Crippen molar-refractivity contribution in [3.05, 3.63) is 84.9 Å². The van der Waals surface area contributed by atoms with E-state index in [1.165, 1.54) is 17.1 Å². The van der Waals surface area contributed by atoms with Crippen LogP contribution in [0.3, 0.4) is 0 Å². The first-order chi connectivity index (χ1) is 13.5. The summed E-state index contributed by atoms with van der Waals surface area (Å²) in [6.07, 6.45) is 3.43. The van der Waals surface area contributed by atoms with E-state index in [2.05, 4.69) is 0 Å². The number of carbonyl (C=O) groups excluding carboxylic acids is 2. The number of carboxylic acids is 1. The molecule has 0 saturated heterocycles. The highest BCUT2D eigenvalue weighted by atomic mass is 16.4. The van der Waals surface area contributed by atoms with Crippen molar-refractivity contribution in [2.24, 2.45) is 0 Å². The maximum atomic E-state index is 10.8. The second kappa shape index (κ2) is 20.1. The topological polar surface area (TPSA) is 74.7 Å². The smallest absolute Gasteiger partial charge is 0.300 e. The van der Waals surface area contributed by atoms with Crippen LogP contribution in [0.2, 0.25) is 0 Å². The first-order valence-electron chi connectivity index (χ1n) is 9.22. The molecule has 2 amide bonds. The van der Waals surface area contributed by atoms with Crippen molar-refractivity contribution < 1.29 is 19.5 Å². The molecule has 3 rings (SSSR count). The third kappa shape index (κ3) is 17.6. The molecule has 1 aliphatic heterocycles. The predicted octanol–water partition coefficient (Wildman–Crippen LogP) is 4.81. The molecule has 0 unspecified atom stereocenters. The van der Waals surface area contributed by atoms with Gasteiger partial charge in [0.2, 0.25) is 0 Å². The molecule has 0 bridgehead atoms. The Morgan fingerprint density at radius 3 is 1.14 bits per heavy atom. The normalized spacial score (nSPS) is 10.6. The Morgan fingerprint density at radius 2 is 0.964 bits per heavy atom. The fourth-order valence-electron chi connectivity index (χ4n) is 1.64. The Bertz CT molecular complexity index is 548. The Balaban J connectivity index is 0. The van der Waals surface area contributed by atoms with Gasteiger partial charge >= 0.3 is 0 Å². The highest BCUT2D eigenvalue weighted by molar-refractivity contribution is 6.12. The van der Waals surface area contributed by atoms with E-state index in [0.717, 1.165) is 13.3 Å². The minimum Gasteiger partial charge on any atom is -0.481 e. The molecule has 1 aliphatic rings. The molecule has 0 spiro atoms. The molecule has 5 heteroatoms. The van der Waals surface area contributed by atoms with Gasteiger partial charge in [0.1, 0.15) is 0 Å². The summed E-state index contributed by atoms with van der Waals surface area (Å²) < 4.78 is 0. The summed E-state index contributed by atoms with van der Waals surface area (Å²) in [4.78, 5) is 31.8. The van der Waals surface area contributed by atoms with Crippen molar-refractivity contribution in [1.82, 2.24) is 4.90 Å². The van der Waals surface area contributed by atoms with Crippen LogP contribution >= 0.6 is 0 Å². The van der Waals surface area contributed by atoms with E-state index < -0.39 is 5.97 Å². The number of imide groups is 1. The zero-order chi connectivity index (χ0) is 21.6. The molecule has 0 fully saturated rings. The fourth-order valence-corrected chi connectivity index (χ4v) is 1.64. The molecule has 28 heavy (non-hydrogen) atoms. The Labute approximate surface area is 168 Å². The van der Waals surface area contributed by atoms with Crippen molar-refractivity contribution in [3.8, 4) is 0 Å². The molecule has 2 aromatic rings. The number of aliphatic carboxylic acids is 1. The lowest BCUT2D eigenvalue weighted by Gasteiger charge is -2.10. The molecule has 2 aromatic carbocycles. The highest BCUT2D eigenvalue weighted by Gasteiger charge is 2.21. The van der Waals surface area contributed by atoms with Gasteiger partial charge < -0.3 is 5.11 Å². The average Bonchev–Trinajstić information content (AvgIpc) is 3.05. The zero-order valence-electron chi connectivity index (χ0n) is 17.1. The number of amides is 2. The summed E-state index contributed by atoms with van der Waals surface area (Å²) in [5, 5.41) is 7.42. The maximum absolute atomic E-state index is 10.8. The fraction of sp³-hybridized carbons (Fsp3) is 0.261. The number of hydrogen-bond acceptors (Lipinski definition) is 3. The van der Waals surface area contributed by atoms with E-state index in [1.807, 2.05) is 93.6 Å². The van der Waals surface area contributed by atoms with Crippen LogP contribution in [0, 0.1) is 0 Å². The molecule has 1 heterocycles. The van der Waals surface area contributed by atoms with Crippen LogP contribution in [-0.4, -0.2) is 34.3 Å². The van der Waals surface area contributed by atoms with Gasteiger partial charge in [0.05, 0.1) is 0 Å². The van der Waals surface area contributed by atoms with Gasteiger partial charge in [-0.25, -0.2) is 0 Å². The highest BCUT2D eigenvalue weighted by Crippen LogP contribution is 2.03. The lowest BCUT2D eigenvalue weighted by Crippen LogP contribution is -2.30. The number of nitrogens with zero attached hydrogens (tertiary/aromatic N) is 1. The number of benzene rings is 2. The Hall–Kier alpha value is -3.21. The minimum atomic E-state index is -0.833. The van der Waals surface area contributed by atoms with Crippen molar-refractivity contribution >= 4 is 17.8 Å². The van der Waals surface area contributed by atoms with Gasteiger partial charge in [-0.15, -0.1) is 0 Å². The van der Waals surface area contributed by atoms with E-state index in [4.69, 9.17) is 9.90 Å². The van der Waals surface area contributed by atoms with E-state index in [9.17, 15) is 9.59 Å². The van der Waals surface area contributed by atoms with Crippen LogP contribution in [0.15, 0.2) is 84.9 Å². The van der Waals surface area contributed by atoms with E-state index in [-0.39, 0.29) is 11.8 Å². The monoisotopic (exact) mass is 385 g/mol. The largest absolute Gasteiger partial charge is 0.481 e. The van der Waals surface area contributed by atoms with E-state index in [0.29, 0.717) is 6.54 Å². The van der Waals surface area contributed by atoms with Gasteiger partial charge in [-0.05, 0) is 6.42 Å². The van der Waals surface area contributed by atoms with Crippen LogP contribution in [0.1, 0.15) is 34.1 Å². The Kier molecular flexibility index (Phi) is 19.4. The third-order valence-corrected chi connectivity index (χ3v) is 2.68. The molecule has 0 aliphatic carbocycles. The van der Waals surface area contributed by atoms with Crippen molar-refractivity contribution in [1.29, 1.82) is 0 Å². The molecule has 152 valence electrons. The Morgan fingerprint density at radius 1 is 0.750 bits per heavy atom. The maximum Gasteiger partial charge on any atom is 0.300 e. The SMILES string of the molecule is CC.CC(=O)O.CCCN1C(=O)C=CC1=O.c1ccccc1.c1ccccc1. The van der Waals surface area contributed by atoms with Crippen molar-refractivity contribution in [3.63, 3.8) is 0 Å². The van der Waals surface area contributed by atoms with Crippen molar-refractivity contribution in [2.45, 2.75) is 34.1 Å². The summed E-state index contributed by atoms with van der Waals surface area (Å²) >= 11 is 0. The summed E-state index contributed by atoms with van der Waals surface area (Å²) in [5.41, 5.74) is 0. The second-order valence-electron chi connectivity index (χ2n) is 4.99. The minimum absolute atomic E-state index is 0.188. The van der Waals surface area contributed by atoms with Crippen molar-refractivity contribution in [2.75, 3.05) is 6.54 Å². The number of hydrogen-bond donors (Lipinski definition) is 1. The van der Waals surface area contributed by atoms with Gasteiger partial charge in [-0.2, -0.15) is 0 Å². The average molecular weight is 386 g/mol. The van der Waals surface area contributed by atoms with Crippen LogP contribution in [0.5, 0.6) is 0 Å². The van der Waals surface area contributed by atoms with Crippen LogP contribution < -0.4 is 0 Å². The number of carbonyl (C=O) groups is 3. The summed E-state index contributed by atoms with van der Waals surface area (Å²) in [6, 6.07) is 24.0. The third-order valence-electron chi connectivity index (χ3n) is 2.68. The van der Waals surface area contributed by atoms with Gasteiger partial charge in [0.25, 0.3) is 17.8 Å². The molecular formula is C23H31NO4. The van der Waals surface area contributed by atoms with Crippen LogP contribution in [-0.2, 0) is 14.4 Å². The number of rotatable bonds is 2. The number of carboxylic acid groups (broad SMARTS) is 1. The van der Waals surface area contributed by atoms with Gasteiger partial charge in [0, 0.05) is 25.6 Å². The second-order valence-corrected chi connectivity index (χ2v) is 4.99. The van der Waals surface area contributed by atoms with Gasteiger partial charge in [-0.1, -0.05) is 93.6 Å². The molecule has 5 nitrogen and oxygen atoms in total. The molecule has 0 radical (unpaired) electrons. The van der Waals surface area contributed by atoms with Gasteiger partial charge in [0.15, 0.2) is 0 Å². The summed E-state index contributed by atoms with van der Waals surface area (Å²) in [6.45, 7) is 7.55. The molecule has 0 atom stereocenters. The quantitative estimate of drug-likeness (QED) is 0.753. The van der Waals surface area contributed by atoms with E-state index >= 15 is 0 Å². The molecular weight excluding hydrogens is 354 g/mol. The molecule has 0 saturated carbocycles. The van der Waals surface area contributed by atoms with Crippen LogP contribution in [0.25, 0.3) is 0 Å².